The van der Waals surface area contributed by atoms with Crippen LogP contribution in [0.2, 0.25) is 0 Å². The van der Waals surface area contributed by atoms with Crippen LogP contribution in [0.3, 0.4) is 0 Å². The van der Waals surface area contributed by atoms with Gasteiger partial charge in [-0.2, -0.15) is 0 Å². The predicted molar refractivity (Wildman–Crippen MR) is 99.6 cm³/mol. The van der Waals surface area contributed by atoms with E-state index in [0.717, 1.165) is 16.8 Å². The van der Waals surface area contributed by atoms with Crippen LogP contribution in [0.1, 0.15) is 17.0 Å². The molecule has 0 radical (unpaired) electrons. The molecule has 1 aromatic heterocycles. The zero-order valence-corrected chi connectivity index (χ0v) is 14.6. The maximum Gasteiger partial charge on any atom is 0.323 e. The van der Waals surface area contributed by atoms with Gasteiger partial charge in [0.15, 0.2) is 0 Å². The van der Waals surface area contributed by atoms with Gasteiger partial charge >= 0.3 is 5.97 Å². The van der Waals surface area contributed by atoms with E-state index in [-0.39, 0.29) is 5.97 Å². The molecule has 2 heterocycles. The first-order valence-corrected chi connectivity index (χ1v) is 8.70. The average molecular weight is 370 g/mol. The number of esters is 1. The van der Waals surface area contributed by atoms with Crippen molar-refractivity contribution in [3.05, 3.63) is 90.3 Å². The van der Waals surface area contributed by atoms with Gasteiger partial charge < -0.3 is 9.47 Å². The van der Waals surface area contributed by atoms with E-state index >= 15 is 0 Å². The largest absolute Gasteiger partial charge is 0.457 e. The van der Waals surface area contributed by atoms with Crippen molar-refractivity contribution in [2.75, 3.05) is 0 Å². The second-order valence-electron chi connectivity index (χ2n) is 6.28. The summed E-state index contributed by atoms with van der Waals surface area (Å²) in [5, 5.41) is 11.1. The van der Waals surface area contributed by atoms with Crippen LogP contribution in [0.15, 0.2) is 79.1 Å². The van der Waals surface area contributed by atoms with Gasteiger partial charge in [0.2, 0.25) is 0 Å². The third-order valence-corrected chi connectivity index (χ3v) is 4.58. The number of ether oxygens (including phenoxy) is 2. The quantitative estimate of drug-likeness (QED) is 0.406. The van der Waals surface area contributed by atoms with E-state index in [9.17, 15) is 4.79 Å². The highest BCUT2D eigenvalue weighted by molar-refractivity contribution is 5.87. The fourth-order valence-corrected chi connectivity index (χ4v) is 3.29. The van der Waals surface area contributed by atoms with E-state index in [0.29, 0.717) is 17.2 Å². The lowest BCUT2D eigenvalue weighted by molar-refractivity contribution is -0.135. The van der Waals surface area contributed by atoms with Crippen LogP contribution in [0.5, 0.6) is 17.2 Å². The maximum absolute atomic E-state index is 13.1. The van der Waals surface area contributed by atoms with Crippen molar-refractivity contribution in [3.63, 3.8) is 0 Å². The summed E-state index contributed by atoms with van der Waals surface area (Å²) >= 11 is 0. The number of para-hydroxylation sites is 2. The minimum Gasteiger partial charge on any atom is -0.457 e. The Balaban J connectivity index is 1.46. The van der Waals surface area contributed by atoms with Gasteiger partial charge in [-0.1, -0.05) is 36.4 Å². The molecule has 5 rings (SSSR count). The highest BCUT2D eigenvalue weighted by Gasteiger charge is 2.33. The molecule has 1 aliphatic heterocycles. The first-order chi connectivity index (χ1) is 13.8. The second kappa shape index (κ2) is 6.62. The van der Waals surface area contributed by atoms with Gasteiger partial charge in [-0.05, 0) is 46.8 Å². The number of nitrogens with zero attached hydrogens (tertiary/aromatic N) is 4. The Bertz CT molecular complexity index is 1100. The number of fused-ring (bicyclic) bond motifs is 2. The molecule has 0 spiro atoms. The Morgan fingerprint density at radius 2 is 1.54 bits per heavy atom. The van der Waals surface area contributed by atoms with Gasteiger partial charge in [-0.3, -0.25) is 4.79 Å². The second-order valence-corrected chi connectivity index (χ2v) is 6.28. The van der Waals surface area contributed by atoms with Crippen molar-refractivity contribution in [1.29, 1.82) is 0 Å². The SMILES string of the molecule is O=C(Oc1ccc(-n2cnnn2)cc1)C1c2ccccc2Oc2ccccc21. The van der Waals surface area contributed by atoms with Gasteiger partial charge in [0, 0.05) is 11.1 Å². The van der Waals surface area contributed by atoms with E-state index in [2.05, 4.69) is 15.5 Å². The topological polar surface area (TPSA) is 79.1 Å². The van der Waals surface area contributed by atoms with Gasteiger partial charge in [-0.15, -0.1) is 5.10 Å². The van der Waals surface area contributed by atoms with Crippen molar-refractivity contribution in [2.24, 2.45) is 0 Å². The lowest BCUT2D eigenvalue weighted by atomic mass is 9.88. The van der Waals surface area contributed by atoms with Crippen LogP contribution in [-0.2, 0) is 4.79 Å². The molecule has 1 aliphatic rings. The van der Waals surface area contributed by atoms with Gasteiger partial charge in [0.1, 0.15) is 29.5 Å². The number of hydrogen-bond donors (Lipinski definition) is 0. The molecule has 0 unspecified atom stereocenters. The molecule has 0 atom stereocenters. The van der Waals surface area contributed by atoms with Crippen molar-refractivity contribution >= 4 is 5.97 Å². The van der Waals surface area contributed by atoms with E-state index < -0.39 is 5.92 Å². The fourth-order valence-electron chi connectivity index (χ4n) is 3.29. The summed E-state index contributed by atoms with van der Waals surface area (Å²) in [7, 11) is 0. The van der Waals surface area contributed by atoms with E-state index in [1.54, 1.807) is 24.3 Å². The summed E-state index contributed by atoms with van der Waals surface area (Å²) in [5.41, 5.74) is 2.35. The highest BCUT2D eigenvalue weighted by atomic mass is 16.5. The van der Waals surface area contributed by atoms with E-state index in [1.165, 1.54) is 11.0 Å². The van der Waals surface area contributed by atoms with Crippen LogP contribution in [-0.4, -0.2) is 26.2 Å². The average Bonchev–Trinajstić information content (AvgIpc) is 3.27. The number of hydrogen-bond acceptors (Lipinski definition) is 6. The molecule has 0 amide bonds. The Kier molecular flexibility index (Phi) is 3.83. The molecule has 136 valence electrons. The van der Waals surface area contributed by atoms with Gasteiger partial charge in [0.05, 0.1) is 5.69 Å². The number of benzene rings is 3. The zero-order valence-electron chi connectivity index (χ0n) is 14.6. The molecule has 0 bridgehead atoms. The normalized spacial score (nSPS) is 12.6. The Labute approximate surface area is 160 Å². The standard InChI is InChI=1S/C21H14N4O3/c26-21(27-15-11-9-14(10-12-15)25-13-22-23-24-25)20-16-5-1-3-7-18(16)28-19-8-4-2-6-17(19)20/h1-13,20H. The summed E-state index contributed by atoms with van der Waals surface area (Å²) in [6.07, 6.45) is 1.50. The number of carbonyl (C=O) groups is 1. The number of carbonyl (C=O) groups excluding carboxylic acids is 1. The molecule has 0 saturated heterocycles. The van der Waals surface area contributed by atoms with Crippen molar-refractivity contribution < 1.29 is 14.3 Å². The molecule has 3 aromatic carbocycles. The summed E-state index contributed by atoms with van der Waals surface area (Å²) in [6, 6.07) is 22.0. The molecule has 7 nitrogen and oxygen atoms in total. The van der Waals surface area contributed by atoms with E-state index in [4.69, 9.17) is 9.47 Å². The van der Waals surface area contributed by atoms with Gasteiger partial charge in [0.25, 0.3) is 0 Å². The lowest BCUT2D eigenvalue weighted by Crippen LogP contribution is -2.23. The van der Waals surface area contributed by atoms with Gasteiger partial charge in [-0.25, -0.2) is 4.68 Å². The summed E-state index contributed by atoms with van der Waals surface area (Å²) < 4.78 is 13.1. The van der Waals surface area contributed by atoms with E-state index in [1.807, 2.05) is 48.5 Å². The zero-order chi connectivity index (χ0) is 18.9. The number of rotatable bonds is 3. The Morgan fingerprint density at radius 1 is 0.893 bits per heavy atom. The Morgan fingerprint density at radius 3 is 2.14 bits per heavy atom. The summed E-state index contributed by atoms with van der Waals surface area (Å²) in [5.74, 6) is 0.858. The van der Waals surface area contributed by atoms with Crippen LogP contribution >= 0.6 is 0 Å². The van der Waals surface area contributed by atoms with Crippen LogP contribution in [0.4, 0.5) is 0 Å². The molecule has 28 heavy (non-hydrogen) atoms. The number of tetrazole rings is 1. The maximum atomic E-state index is 13.1. The molecule has 0 saturated carbocycles. The minimum atomic E-state index is -0.555. The summed E-state index contributed by atoms with van der Waals surface area (Å²) in [6.45, 7) is 0. The van der Waals surface area contributed by atoms with Crippen molar-refractivity contribution in [1.82, 2.24) is 20.2 Å². The molecular formula is C21H14N4O3. The Hall–Kier alpha value is -4.00. The predicted octanol–water partition coefficient (Wildman–Crippen LogP) is 3.51. The lowest BCUT2D eigenvalue weighted by Gasteiger charge is -2.26. The first-order valence-electron chi connectivity index (χ1n) is 8.70. The molecule has 0 N–H and O–H groups in total. The molecule has 0 fully saturated rings. The third kappa shape index (κ3) is 2.79. The number of aromatic nitrogens is 4. The van der Waals surface area contributed by atoms with Crippen LogP contribution in [0, 0.1) is 0 Å². The third-order valence-electron chi connectivity index (χ3n) is 4.58. The van der Waals surface area contributed by atoms with Crippen LogP contribution < -0.4 is 9.47 Å². The first kappa shape index (κ1) is 16.2. The monoisotopic (exact) mass is 370 g/mol. The van der Waals surface area contributed by atoms with Crippen molar-refractivity contribution in [3.8, 4) is 22.9 Å². The molecule has 4 aromatic rings. The highest BCUT2D eigenvalue weighted by Crippen LogP contribution is 2.44. The smallest absolute Gasteiger partial charge is 0.323 e. The van der Waals surface area contributed by atoms with Crippen LogP contribution in [0.25, 0.3) is 5.69 Å². The molecule has 0 aliphatic carbocycles. The molecular weight excluding hydrogens is 356 g/mol. The molecule has 7 heteroatoms. The summed E-state index contributed by atoms with van der Waals surface area (Å²) in [4.78, 5) is 13.1. The van der Waals surface area contributed by atoms with Crippen molar-refractivity contribution in [2.45, 2.75) is 5.92 Å². The minimum absolute atomic E-state index is 0.363. The fraction of sp³-hybridized carbons (Fsp3) is 0.0476.